The molecule has 6 nitrogen and oxygen atoms in total. The molecular weight excluding hydrogens is 372 g/mol. The van der Waals surface area contributed by atoms with Crippen LogP contribution in [0.15, 0.2) is 41.6 Å². The fraction of sp³-hybridized carbons (Fsp3) is 0.429. The molecule has 1 fully saturated rings. The number of aromatic nitrogens is 2. The van der Waals surface area contributed by atoms with E-state index in [1.54, 1.807) is 0 Å². The van der Waals surface area contributed by atoms with Crippen molar-refractivity contribution in [1.82, 2.24) is 20.6 Å². The highest BCUT2D eigenvalue weighted by Crippen LogP contribution is 2.24. The molecule has 148 valence electrons. The van der Waals surface area contributed by atoms with Crippen molar-refractivity contribution in [1.29, 1.82) is 0 Å². The predicted octanol–water partition coefficient (Wildman–Crippen LogP) is 3.95. The number of hydrogen-bond acceptors (Lipinski definition) is 5. The number of hydrogen-bond donors (Lipinski definition) is 2. The van der Waals surface area contributed by atoms with Crippen molar-refractivity contribution in [3.63, 3.8) is 0 Å². The largest absolute Gasteiger partial charge is 0.335 e. The highest BCUT2D eigenvalue weighted by Gasteiger charge is 2.23. The van der Waals surface area contributed by atoms with Crippen LogP contribution in [0, 0.1) is 12.8 Å². The standard InChI is InChI=1S/C21H26N4O2S/c1-14-8-6-7-11-17(14)23-20(27)25-19(26)13-28-21-22-15(2)12-18(24-21)16-9-4-3-5-10-16/h3-5,9-10,12,14,17H,6-8,11,13H2,1-2H3,(H2,23,25,26,27)/t14-,17-/m0/s1. The molecule has 3 amide bonds. The number of carbonyl (C=O) groups excluding carboxylic acids is 2. The van der Waals surface area contributed by atoms with Gasteiger partial charge in [0.1, 0.15) is 0 Å². The number of amides is 3. The molecule has 0 spiro atoms. The fourth-order valence-corrected chi connectivity index (χ4v) is 4.09. The maximum atomic E-state index is 12.1. The molecule has 0 radical (unpaired) electrons. The summed E-state index contributed by atoms with van der Waals surface area (Å²) in [5, 5.41) is 5.86. The molecule has 7 heteroatoms. The van der Waals surface area contributed by atoms with E-state index in [2.05, 4.69) is 27.5 Å². The van der Waals surface area contributed by atoms with Crippen LogP contribution < -0.4 is 10.6 Å². The van der Waals surface area contributed by atoms with Crippen LogP contribution in [0.5, 0.6) is 0 Å². The summed E-state index contributed by atoms with van der Waals surface area (Å²) in [7, 11) is 0. The molecule has 2 atom stereocenters. The number of aryl methyl sites for hydroxylation is 1. The second-order valence-electron chi connectivity index (χ2n) is 7.22. The smallest absolute Gasteiger partial charge is 0.321 e. The van der Waals surface area contributed by atoms with Crippen LogP contribution in [0.3, 0.4) is 0 Å². The second-order valence-corrected chi connectivity index (χ2v) is 8.16. The van der Waals surface area contributed by atoms with Gasteiger partial charge in [-0.15, -0.1) is 0 Å². The first kappa shape index (κ1) is 20.3. The van der Waals surface area contributed by atoms with Crippen molar-refractivity contribution in [2.45, 2.75) is 50.7 Å². The van der Waals surface area contributed by atoms with Crippen LogP contribution in [0.25, 0.3) is 11.3 Å². The molecule has 1 aromatic heterocycles. The van der Waals surface area contributed by atoms with Crippen molar-refractivity contribution >= 4 is 23.7 Å². The van der Waals surface area contributed by atoms with E-state index >= 15 is 0 Å². The summed E-state index contributed by atoms with van der Waals surface area (Å²) in [6.07, 6.45) is 4.41. The van der Waals surface area contributed by atoms with Crippen LogP contribution in [0.2, 0.25) is 0 Å². The zero-order valence-electron chi connectivity index (χ0n) is 16.3. The molecule has 0 saturated heterocycles. The van der Waals surface area contributed by atoms with E-state index in [0.717, 1.165) is 36.2 Å². The molecule has 3 rings (SSSR count). The van der Waals surface area contributed by atoms with Gasteiger partial charge in [-0.25, -0.2) is 14.8 Å². The Labute approximate surface area is 169 Å². The SMILES string of the molecule is Cc1cc(-c2ccccc2)nc(SCC(=O)NC(=O)N[C@H]2CCCC[C@@H]2C)n1. The van der Waals surface area contributed by atoms with E-state index in [9.17, 15) is 9.59 Å². The minimum absolute atomic E-state index is 0.0886. The van der Waals surface area contributed by atoms with Gasteiger partial charge in [0, 0.05) is 17.3 Å². The third kappa shape index (κ3) is 5.79. The quantitative estimate of drug-likeness (QED) is 0.588. The molecule has 28 heavy (non-hydrogen) atoms. The number of benzene rings is 1. The van der Waals surface area contributed by atoms with Gasteiger partial charge in [0.2, 0.25) is 5.91 Å². The van der Waals surface area contributed by atoms with Crippen molar-refractivity contribution in [3.05, 3.63) is 42.1 Å². The molecule has 1 aliphatic carbocycles. The van der Waals surface area contributed by atoms with Crippen molar-refractivity contribution in [2.24, 2.45) is 5.92 Å². The number of imide groups is 1. The maximum Gasteiger partial charge on any atom is 0.321 e. The van der Waals surface area contributed by atoms with Crippen LogP contribution in [-0.4, -0.2) is 33.7 Å². The molecule has 0 bridgehead atoms. The summed E-state index contributed by atoms with van der Waals surface area (Å²) < 4.78 is 0. The van der Waals surface area contributed by atoms with Crippen molar-refractivity contribution < 1.29 is 9.59 Å². The summed E-state index contributed by atoms with van der Waals surface area (Å²) in [6.45, 7) is 4.04. The zero-order valence-corrected chi connectivity index (χ0v) is 17.1. The van der Waals surface area contributed by atoms with Crippen LogP contribution >= 0.6 is 11.8 Å². The van der Waals surface area contributed by atoms with E-state index in [0.29, 0.717) is 11.1 Å². The Morgan fingerprint density at radius 2 is 1.89 bits per heavy atom. The van der Waals surface area contributed by atoms with Crippen LogP contribution in [0.4, 0.5) is 4.79 Å². The van der Waals surface area contributed by atoms with Crippen molar-refractivity contribution in [3.8, 4) is 11.3 Å². The highest BCUT2D eigenvalue weighted by molar-refractivity contribution is 7.99. The molecule has 1 aliphatic rings. The summed E-state index contributed by atoms with van der Waals surface area (Å²) >= 11 is 1.23. The number of urea groups is 1. The van der Waals surface area contributed by atoms with E-state index in [1.807, 2.05) is 43.3 Å². The average Bonchev–Trinajstić information content (AvgIpc) is 2.68. The Morgan fingerprint density at radius 3 is 2.64 bits per heavy atom. The molecule has 2 aromatic rings. The molecule has 0 aliphatic heterocycles. The lowest BCUT2D eigenvalue weighted by Gasteiger charge is -2.29. The fourth-order valence-electron chi connectivity index (χ4n) is 3.39. The van der Waals surface area contributed by atoms with Gasteiger partial charge >= 0.3 is 6.03 Å². The molecule has 2 N–H and O–H groups in total. The van der Waals surface area contributed by atoms with Gasteiger partial charge in [-0.2, -0.15) is 0 Å². The lowest BCUT2D eigenvalue weighted by Crippen LogP contribution is -2.48. The zero-order chi connectivity index (χ0) is 19.9. The van der Waals surface area contributed by atoms with Gasteiger partial charge < -0.3 is 5.32 Å². The minimum Gasteiger partial charge on any atom is -0.335 e. The Hall–Kier alpha value is -2.41. The van der Waals surface area contributed by atoms with Gasteiger partial charge in [0.05, 0.1) is 11.4 Å². The Kier molecular flexibility index (Phi) is 7.03. The first-order valence-electron chi connectivity index (χ1n) is 9.65. The third-order valence-corrected chi connectivity index (χ3v) is 5.76. The first-order valence-corrected chi connectivity index (χ1v) is 10.6. The summed E-state index contributed by atoms with van der Waals surface area (Å²) in [5.41, 5.74) is 2.65. The topological polar surface area (TPSA) is 84.0 Å². The van der Waals surface area contributed by atoms with E-state index in [4.69, 9.17) is 0 Å². The number of carbonyl (C=O) groups is 2. The molecule has 1 saturated carbocycles. The average molecular weight is 399 g/mol. The Morgan fingerprint density at radius 1 is 1.14 bits per heavy atom. The van der Waals surface area contributed by atoms with Gasteiger partial charge in [0.15, 0.2) is 5.16 Å². The number of nitrogens with zero attached hydrogens (tertiary/aromatic N) is 2. The number of thioether (sulfide) groups is 1. The predicted molar refractivity (Wildman–Crippen MR) is 111 cm³/mol. The Bertz CT molecular complexity index is 828. The van der Waals surface area contributed by atoms with Gasteiger partial charge in [0.25, 0.3) is 0 Å². The Balaban J connectivity index is 1.53. The lowest BCUT2D eigenvalue weighted by atomic mass is 9.86. The normalized spacial score (nSPS) is 19.1. The van der Waals surface area contributed by atoms with Gasteiger partial charge in [-0.05, 0) is 31.7 Å². The van der Waals surface area contributed by atoms with E-state index < -0.39 is 6.03 Å². The monoisotopic (exact) mass is 398 g/mol. The van der Waals surface area contributed by atoms with Crippen LogP contribution in [-0.2, 0) is 4.79 Å². The lowest BCUT2D eigenvalue weighted by molar-refractivity contribution is -0.117. The molecule has 1 heterocycles. The third-order valence-electron chi connectivity index (χ3n) is 4.92. The van der Waals surface area contributed by atoms with Gasteiger partial charge in [-0.3, -0.25) is 10.1 Å². The molecule has 0 unspecified atom stereocenters. The van der Waals surface area contributed by atoms with E-state index in [-0.39, 0.29) is 17.7 Å². The number of rotatable bonds is 5. The molecular formula is C21H26N4O2S. The second kappa shape index (κ2) is 9.68. The summed E-state index contributed by atoms with van der Waals surface area (Å²) in [5.74, 6) is 0.184. The van der Waals surface area contributed by atoms with Crippen LogP contribution in [0.1, 0.15) is 38.3 Å². The van der Waals surface area contributed by atoms with Gasteiger partial charge in [-0.1, -0.05) is 61.9 Å². The van der Waals surface area contributed by atoms with Crippen molar-refractivity contribution in [2.75, 3.05) is 5.75 Å². The first-order chi connectivity index (χ1) is 13.5. The summed E-state index contributed by atoms with van der Waals surface area (Å²) in [4.78, 5) is 33.1. The minimum atomic E-state index is -0.417. The maximum absolute atomic E-state index is 12.1. The molecule has 1 aromatic carbocycles. The summed E-state index contributed by atoms with van der Waals surface area (Å²) in [6, 6.07) is 11.5. The number of nitrogens with one attached hydrogen (secondary N) is 2. The van der Waals surface area contributed by atoms with E-state index in [1.165, 1.54) is 18.2 Å². The highest BCUT2D eigenvalue weighted by atomic mass is 32.2.